The average molecular weight is 1220 g/mol. The SMILES string of the molecule is CCOC(=O)[C@H](CCc1ccccc1)N1C(=O)OC(=O)[C@@H]1C.CCOC(=O)[C@H](CCc1ccccc1)N[C@@H](C)C(=O)N1[C@H](C)C[C@H]2CCCC[C@@H]21.CC[C@H](CCc1ccccc1)N[C@@H](C)C(C)=O.C[C@@H]1C[C@H]2CCCC[C@@H]2N1.O=C=O.[B][B]B(B([B])[B])B([B])[B]. The van der Waals surface area contributed by atoms with Gasteiger partial charge in [-0.3, -0.25) is 24.6 Å². The molecular formula is C65H95B9N5O11. The van der Waals surface area contributed by atoms with Crippen LogP contribution in [0.5, 0.6) is 0 Å². The van der Waals surface area contributed by atoms with Crippen LogP contribution in [-0.4, -0.2) is 190 Å². The van der Waals surface area contributed by atoms with Crippen LogP contribution in [0.25, 0.3) is 0 Å². The van der Waals surface area contributed by atoms with Crippen molar-refractivity contribution in [1.29, 1.82) is 0 Å². The molecule has 3 aliphatic heterocycles. The fourth-order valence-corrected chi connectivity index (χ4v) is 12.6. The van der Waals surface area contributed by atoms with Crippen molar-refractivity contribution >= 4 is 107 Å². The minimum Gasteiger partial charge on any atom is -0.465 e. The summed E-state index contributed by atoms with van der Waals surface area (Å²) in [4.78, 5) is 92.1. The number of ketones is 1. The first-order valence-corrected chi connectivity index (χ1v) is 32.7. The third-order valence-corrected chi connectivity index (χ3v) is 17.5. The minimum absolute atomic E-state index is 0.0317. The molecule has 0 unspecified atom stereocenters. The molecule has 2 aliphatic carbocycles. The van der Waals surface area contributed by atoms with Crippen LogP contribution in [0.3, 0.4) is 0 Å². The van der Waals surface area contributed by atoms with Crippen molar-refractivity contribution in [1.82, 2.24) is 25.8 Å². The zero-order chi connectivity index (χ0) is 66.7. The van der Waals surface area contributed by atoms with Gasteiger partial charge in [-0.2, -0.15) is 9.59 Å². The first kappa shape index (κ1) is 78.8. The van der Waals surface area contributed by atoms with E-state index in [1.165, 1.54) is 74.5 Å². The number of rotatable bonds is 24. The summed E-state index contributed by atoms with van der Waals surface area (Å²) >= 11 is 0. The van der Waals surface area contributed by atoms with Crippen LogP contribution < -0.4 is 16.0 Å². The normalized spacial score (nSPS) is 21.8. The zero-order valence-electron chi connectivity index (χ0n) is 55.1. The van der Waals surface area contributed by atoms with Gasteiger partial charge in [-0.05, 0) is 167 Å². The van der Waals surface area contributed by atoms with Crippen LogP contribution >= 0.6 is 0 Å². The van der Waals surface area contributed by atoms with Gasteiger partial charge in [-0.1, -0.05) is 124 Å². The second kappa shape index (κ2) is 43.4. The maximum absolute atomic E-state index is 13.3. The lowest BCUT2D eigenvalue weighted by molar-refractivity contribution is -0.192. The molecule has 16 nitrogen and oxygen atoms in total. The maximum atomic E-state index is 13.3. The van der Waals surface area contributed by atoms with Crippen molar-refractivity contribution in [3.63, 3.8) is 0 Å². The third-order valence-electron chi connectivity index (χ3n) is 17.5. The second-order valence-electron chi connectivity index (χ2n) is 24.3. The molecule has 5 fully saturated rings. The Balaban J connectivity index is 0.000000308. The van der Waals surface area contributed by atoms with Gasteiger partial charge in [-0.25, -0.2) is 14.4 Å². The van der Waals surface area contributed by atoms with Crippen LogP contribution in [0.15, 0.2) is 91.0 Å². The van der Waals surface area contributed by atoms with Crippen molar-refractivity contribution in [2.45, 2.75) is 232 Å². The van der Waals surface area contributed by atoms with Gasteiger partial charge in [0.05, 0.1) is 25.3 Å². The number of likely N-dealkylation sites (tertiary alicyclic amines) is 1. The fourth-order valence-electron chi connectivity index (χ4n) is 12.6. The van der Waals surface area contributed by atoms with Crippen LogP contribution in [0.1, 0.15) is 169 Å². The van der Waals surface area contributed by atoms with Gasteiger partial charge in [0.25, 0.3) is 0 Å². The highest BCUT2D eigenvalue weighted by Crippen LogP contribution is 2.40. The van der Waals surface area contributed by atoms with Crippen molar-refractivity contribution in [2.75, 3.05) is 13.2 Å². The molecule has 8 rings (SSSR count). The van der Waals surface area contributed by atoms with E-state index in [1.807, 2.05) is 75.4 Å². The number of Topliss-reactive ketones (excluding diaryl/α,β-unsaturated/α-hetero) is 1. The molecule has 3 N–H and O–H groups in total. The zero-order valence-corrected chi connectivity index (χ0v) is 55.1. The molecule has 2 saturated carbocycles. The Morgan fingerprint density at radius 2 is 1.18 bits per heavy atom. The Morgan fingerprint density at radius 3 is 1.63 bits per heavy atom. The first-order chi connectivity index (χ1) is 43.0. The Kier molecular flexibility index (Phi) is 38.0. The van der Waals surface area contributed by atoms with E-state index in [-0.39, 0.29) is 48.9 Å². The minimum atomic E-state index is -0.825. The average Bonchev–Trinajstić information content (AvgIpc) is 1.92. The summed E-state index contributed by atoms with van der Waals surface area (Å²) in [5, 5.41) is 10.3. The molecule has 3 saturated heterocycles. The maximum Gasteiger partial charge on any atom is 0.419 e. The molecule has 3 aromatic carbocycles. The van der Waals surface area contributed by atoms with Crippen LogP contribution in [0.2, 0.25) is 0 Å². The molecule has 5 aliphatic rings. The van der Waals surface area contributed by atoms with E-state index in [9.17, 15) is 28.8 Å². The molecule has 3 aromatic rings. The number of benzene rings is 3. The predicted octanol–water partition coefficient (Wildman–Crippen LogP) is 6.51. The van der Waals surface area contributed by atoms with Gasteiger partial charge in [0.1, 0.15) is 23.9 Å². The smallest absolute Gasteiger partial charge is 0.419 e. The van der Waals surface area contributed by atoms with Crippen LogP contribution in [-0.2, 0) is 67.0 Å². The lowest BCUT2D eigenvalue weighted by Crippen LogP contribution is -2.55. The molecular weight excluding hydrogens is 1120 g/mol. The van der Waals surface area contributed by atoms with Crippen molar-refractivity contribution in [2.24, 2.45) is 11.8 Å². The number of hydrogen-bond donors (Lipinski definition) is 3. The Bertz CT molecular complexity index is 2580. The van der Waals surface area contributed by atoms with Gasteiger partial charge >= 0.3 is 30.2 Å². The molecule has 90 heavy (non-hydrogen) atoms. The fraction of sp³-hybridized carbons (Fsp3) is 0.615. The van der Waals surface area contributed by atoms with E-state index in [2.05, 4.69) is 82.8 Å². The molecule has 12 atom stereocenters. The van der Waals surface area contributed by atoms with E-state index in [4.69, 9.17) is 57.7 Å². The molecule has 0 bridgehead atoms. The van der Waals surface area contributed by atoms with Crippen molar-refractivity contribution in [3.8, 4) is 0 Å². The molecule has 25 heteroatoms. The Hall–Kier alpha value is -5.48. The van der Waals surface area contributed by atoms with Gasteiger partial charge in [0.15, 0.2) is 0 Å². The largest absolute Gasteiger partial charge is 0.465 e. The molecule has 0 aromatic heterocycles. The lowest BCUT2D eigenvalue weighted by atomic mass is 8.64. The highest BCUT2D eigenvalue weighted by atomic mass is 16.6. The molecule has 2 amide bonds. The monoisotopic (exact) mass is 1220 g/mol. The Morgan fingerprint density at radius 1 is 0.689 bits per heavy atom. The number of nitrogens with one attached hydrogen (secondary N) is 3. The van der Waals surface area contributed by atoms with Crippen LogP contribution in [0.4, 0.5) is 4.79 Å². The lowest BCUT2D eigenvalue weighted by Gasteiger charge is -2.35. The molecule has 0 spiro atoms. The first-order valence-electron chi connectivity index (χ1n) is 32.7. The number of hydrogen-bond acceptors (Lipinski definition) is 14. The highest BCUT2D eigenvalue weighted by Gasteiger charge is 2.46. The molecule has 473 valence electrons. The van der Waals surface area contributed by atoms with E-state index < -0.39 is 55.0 Å². The molecule has 3 heterocycles. The van der Waals surface area contributed by atoms with E-state index in [1.54, 1.807) is 20.8 Å². The van der Waals surface area contributed by atoms with Gasteiger partial charge in [-0.15, -0.1) is 0 Å². The summed E-state index contributed by atoms with van der Waals surface area (Å²) in [6.07, 6.45) is 16.8. The van der Waals surface area contributed by atoms with Gasteiger partial charge < -0.3 is 29.7 Å². The third kappa shape index (κ3) is 27.4. The number of carbonyl (C=O) groups excluding carboxylic acids is 8. The summed E-state index contributed by atoms with van der Waals surface area (Å²) < 4.78 is 14.9. The van der Waals surface area contributed by atoms with Gasteiger partial charge in [0, 0.05) is 95.1 Å². The quantitative estimate of drug-likeness (QED) is 0.0379. The standard InChI is InChI=1S/C24H36N2O3.C16H19NO5.C15H23NO.C9H17N.CO2.B9/c1-4-29-24(28)21(15-14-19-10-6-5-7-11-19)25-18(3)23(27)26-17(2)16-20-12-8-9-13-22(20)26;1-3-21-15(19)13(10-9-12-7-5-4-6-8-12)17-11(2)14(18)22-16(17)20;1-4-15(16-12(2)13(3)17)11-10-14-8-6-5-7-9-14;1-7-6-8-4-2-3-5-9(8)10-7;2-1-3;1-6-9(7(2)3)8(4)5/h5-7,10-11,17-18,20-22,25H,4,8-9,12-16H2,1-3H3;4-8,11,13H,3,9-10H2,1-2H3;5-9,12,15-16H,4,10-11H2,1-3H3;7-10H,2-6H2,1H3;;/t17-,18+,20-,21+,22+;11-,13-;12-,15+;7-,8-,9+;;/m1001../s1. The van der Waals surface area contributed by atoms with Crippen molar-refractivity contribution < 1.29 is 52.6 Å². The number of carbonyl (C=O) groups is 6. The summed E-state index contributed by atoms with van der Waals surface area (Å²) in [5.74, 6) is 0.589. The van der Waals surface area contributed by atoms with Crippen LogP contribution in [0, 0.1) is 11.8 Å². The number of nitrogens with zero attached hydrogens (tertiary/aromatic N) is 2. The summed E-state index contributed by atoms with van der Waals surface area (Å²) in [6.45, 7) is 17.7. The Labute approximate surface area is 547 Å². The summed E-state index contributed by atoms with van der Waals surface area (Å²) in [5.41, 5.74) is 3.59. The summed E-state index contributed by atoms with van der Waals surface area (Å²) in [7, 11) is 27.5. The second-order valence-corrected chi connectivity index (χ2v) is 24.3. The number of amides is 2. The topological polar surface area (TPSA) is 207 Å². The van der Waals surface area contributed by atoms with E-state index >= 15 is 0 Å². The van der Waals surface area contributed by atoms with Gasteiger partial charge in [0.2, 0.25) is 5.91 Å². The number of esters is 3. The van der Waals surface area contributed by atoms with E-state index in [0.29, 0.717) is 43.9 Å². The highest BCUT2D eigenvalue weighted by molar-refractivity contribution is 7.93. The van der Waals surface area contributed by atoms with E-state index in [0.717, 1.165) is 62.1 Å². The predicted molar refractivity (Wildman–Crippen MR) is 364 cm³/mol. The number of cyclic esters (lactones) is 2. The number of fused-ring (bicyclic) bond motifs is 2. The number of ether oxygens (including phenoxy) is 3. The molecule has 11 radical (unpaired) electrons. The van der Waals surface area contributed by atoms with Crippen molar-refractivity contribution in [3.05, 3.63) is 108 Å². The summed E-state index contributed by atoms with van der Waals surface area (Å²) in [6, 6.07) is 30.5. The number of aryl methyl sites for hydroxylation is 3.